The summed E-state index contributed by atoms with van der Waals surface area (Å²) >= 11 is 0. The van der Waals surface area contributed by atoms with E-state index >= 15 is 0 Å². The van der Waals surface area contributed by atoms with Crippen molar-refractivity contribution in [3.63, 3.8) is 0 Å². The highest BCUT2D eigenvalue weighted by Crippen LogP contribution is 2.12. The predicted octanol–water partition coefficient (Wildman–Crippen LogP) is 1.16. The van der Waals surface area contributed by atoms with Crippen LogP contribution >= 0.6 is 0 Å². The number of nitrogens with one attached hydrogen (secondary N) is 1. The molecule has 6 nitrogen and oxygen atoms in total. The van der Waals surface area contributed by atoms with E-state index in [1.54, 1.807) is 22.1 Å². The zero-order chi connectivity index (χ0) is 15.6. The highest BCUT2D eigenvalue weighted by molar-refractivity contribution is 5.99. The zero-order valence-electron chi connectivity index (χ0n) is 12.7. The van der Waals surface area contributed by atoms with Gasteiger partial charge in [0.05, 0.1) is 0 Å². The minimum Gasteiger partial charge on any atom is -0.356 e. The van der Waals surface area contributed by atoms with Crippen LogP contribution in [0.25, 0.3) is 0 Å². The largest absolute Gasteiger partial charge is 0.356 e. The second kappa shape index (κ2) is 6.11. The predicted molar refractivity (Wildman–Crippen MR) is 78.1 cm³/mol. The summed E-state index contributed by atoms with van der Waals surface area (Å²) in [6.07, 6.45) is 1.55. The number of hydrogen-bond donors (Lipinski definition) is 1. The molecule has 2 rings (SSSR count). The molecule has 1 fully saturated rings. The molecule has 2 heterocycles. The molecule has 1 saturated heterocycles. The molecule has 0 spiro atoms. The maximum Gasteiger partial charge on any atom is 0.270 e. The van der Waals surface area contributed by atoms with Crippen LogP contribution in [0.4, 0.5) is 0 Å². The number of aromatic nitrogens is 1. The van der Waals surface area contributed by atoms with Crippen molar-refractivity contribution in [2.45, 2.75) is 20.8 Å². The van der Waals surface area contributed by atoms with E-state index in [0.29, 0.717) is 37.4 Å². The lowest BCUT2D eigenvalue weighted by Gasteiger charge is -2.35. The van der Waals surface area contributed by atoms with Gasteiger partial charge in [-0.3, -0.25) is 14.4 Å². The first kappa shape index (κ1) is 15.3. The van der Waals surface area contributed by atoms with Crippen LogP contribution in [0.5, 0.6) is 0 Å². The van der Waals surface area contributed by atoms with Gasteiger partial charge in [-0.15, -0.1) is 0 Å². The van der Waals surface area contributed by atoms with E-state index in [0.717, 1.165) is 0 Å². The Labute approximate surface area is 124 Å². The van der Waals surface area contributed by atoms with Crippen LogP contribution < -0.4 is 0 Å². The average Bonchev–Trinajstić information content (AvgIpc) is 2.96. The van der Waals surface area contributed by atoms with Gasteiger partial charge in [0.1, 0.15) is 5.69 Å². The van der Waals surface area contributed by atoms with Crippen molar-refractivity contribution in [2.75, 3.05) is 26.2 Å². The lowest BCUT2D eigenvalue weighted by Crippen LogP contribution is -2.51. The van der Waals surface area contributed by atoms with Gasteiger partial charge in [-0.2, -0.15) is 0 Å². The number of H-pyrrole nitrogens is 1. The molecule has 114 valence electrons. The number of ketones is 1. The summed E-state index contributed by atoms with van der Waals surface area (Å²) in [6.45, 7) is 7.38. The van der Waals surface area contributed by atoms with Gasteiger partial charge in [0, 0.05) is 43.9 Å². The highest BCUT2D eigenvalue weighted by atomic mass is 16.2. The normalized spacial score (nSPS) is 15.4. The Morgan fingerprint density at radius 1 is 1.10 bits per heavy atom. The van der Waals surface area contributed by atoms with E-state index in [4.69, 9.17) is 0 Å². The fraction of sp³-hybridized carbons (Fsp3) is 0.533. The molecule has 21 heavy (non-hydrogen) atoms. The summed E-state index contributed by atoms with van der Waals surface area (Å²) < 4.78 is 0. The van der Waals surface area contributed by atoms with Gasteiger partial charge in [0.15, 0.2) is 5.78 Å². The first-order valence-electron chi connectivity index (χ1n) is 7.17. The summed E-state index contributed by atoms with van der Waals surface area (Å²) in [6, 6.07) is 1.58. The quantitative estimate of drug-likeness (QED) is 0.849. The third-order valence-electron chi connectivity index (χ3n) is 3.69. The summed E-state index contributed by atoms with van der Waals surface area (Å²) in [5, 5.41) is 0. The van der Waals surface area contributed by atoms with Crippen molar-refractivity contribution in [3.8, 4) is 0 Å². The Balaban J connectivity index is 1.96. The molecule has 1 aliphatic rings. The fourth-order valence-electron chi connectivity index (χ4n) is 2.39. The highest BCUT2D eigenvalue weighted by Gasteiger charge is 2.26. The average molecular weight is 291 g/mol. The molecular formula is C15H21N3O3. The molecular weight excluding hydrogens is 270 g/mol. The Morgan fingerprint density at radius 2 is 1.67 bits per heavy atom. The maximum absolute atomic E-state index is 12.3. The Morgan fingerprint density at radius 3 is 2.14 bits per heavy atom. The molecule has 1 aliphatic heterocycles. The van der Waals surface area contributed by atoms with Crippen LogP contribution in [0.3, 0.4) is 0 Å². The van der Waals surface area contributed by atoms with Crippen molar-refractivity contribution in [3.05, 3.63) is 23.5 Å². The molecule has 1 N–H and O–H groups in total. The maximum atomic E-state index is 12.3. The van der Waals surface area contributed by atoms with Gasteiger partial charge in [-0.25, -0.2) is 0 Å². The van der Waals surface area contributed by atoms with E-state index < -0.39 is 0 Å². The fourth-order valence-corrected chi connectivity index (χ4v) is 2.39. The van der Waals surface area contributed by atoms with Crippen molar-refractivity contribution in [1.82, 2.24) is 14.8 Å². The minimum atomic E-state index is -0.126. The Kier molecular flexibility index (Phi) is 4.45. The summed E-state index contributed by atoms with van der Waals surface area (Å²) in [4.78, 5) is 41.8. The summed E-state index contributed by atoms with van der Waals surface area (Å²) in [7, 11) is 0. The molecule has 0 bridgehead atoms. The molecule has 0 radical (unpaired) electrons. The second-order valence-corrected chi connectivity index (χ2v) is 5.63. The van der Waals surface area contributed by atoms with Crippen molar-refractivity contribution in [1.29, 1.82) is 0 Å². The Bertz CT molecular complexity index is 554. The second-order valence-electron chi connectivity index (χ2n) is 5.63. The van der Waals surface area contributed by atoms with Crippen molar-refractivity contribution >= 4 is 17.6 Å². The van der Waals surface area contributed by atoms with Crippen LogP contribution in [0.1, 0.15) is 41.6 Å². The van der Waals surface area contributed by atoms with Gasteiger partial charge in [0.25, 0.3) is 5.91 Å². The monoisotopic (exact) mass is 291 g/mol. The minimum absolute atomic E-state index is 0.0196. The standard InChI is InChI=1S/C15H21N3O3/c1-10(2)14(20)17-4-6-18(7-5-17)15(21)13-8-12(9-16-13)11(3)19/h8-10,16H,4-7H2,1-3H3. The molecule has 0 unspecified atom stereocenters. The molecule has 1 aromatic heterocycles. The van der Waals surface area contributed by atoms with E-state index in [9.17, 15) is 14.4 Å². The molecule has 1 aromatic rings. The SMILES string of the molecule is CC(=O)c1c[nH]c(C(=O)N2CCN(C(=O)C(C)C)CC2)c1. The molecule has 0 aliphatic carbocycles. The van der Waals surface area contributed by atoms with Gasteiger partial charge < -0.3 is 14.8 Å². The summed E-state index contributed by atoms with van der Waals surface area (Å²) in [5.41, 5.74) is 0.927. The molecule has 0 saturated carbocycles. The Hall–Kier alpha value is -2.11. The van der Waals surface area contributed by atoms with E-state index in [2.05, 4.69) is 4.98 Å². The molecule has 6 heteroatoms. The third kappa shape index (κ3) is 3.32. The number of rotatable bonds is 3. The van der Waals surface area contributed by atoms with Crippen LogP contribution in [-0.4, -0.2) is 58.6 Å². The lowest BCUT2D eigenvalue weighted by molar-refractivity contribution is -0.135. The number of aromatic amines is 1. The van der Waals surface area contributed by atoms with E-state index in [1.165, 1.54) is 6.92 Å². The van der Waals surface area contributed by atoms with Crippen LogP contribution in [0.15, 0.2) is 12.3 Å². The molecule has 0 atom stereocenters. The van der Waals surface area contributed by atoms with Crippen LogP contribution in [-0.2, 0) is 4.79 Å². The molecule has 0 aromatic carbocycles. The van der Waals surface area contributed by atoms with E-state index in [-0.39, 0.29) is 23.5 Å². The number of hydrogen-bond acceptors (Lipinski definition) is 3. The first-order valence-corrected chi connectivity index (χ1v) is 7.17. The smallest absolute Gasteiger partial charge is 0.270 e. The number of carbonyl (C=O) groups excluding carboxylic acids is 3. The lowest BCUT2D eigenvalue weighted by atomic mass is 10.1. The summed E-state index contributed by atoms with van der Waals surface area (Å²) in [5.74, 6) is -0.0913. The van der Waals surface area contributed by atoms with E-state index in [1.807, 2.05) is 13.8 Å². The van der Waals surface area contributed by atoms with Crippen LogP contribution in [0.2, 0.25) is 0 Å². The molecule has 2 amide bonds. The van der Waals surface area contributed by atoms with Gasteiger partial charge in [-0.05, 0) is 13.0 Å². The number of carbonyl (C=O) groups is 3. The van der Waals surface area contributed by atoms with Gasteiger partial charge >= 0.3 is 0 Å². The van der Waals surface area contributed by atoms with Crippen molar-refractivity contribution < 1.29 is 14.4 Å². The third-order valence-corrected chi connectivity index (χ3v) is 3.69. The van der Waals surface area contributed by atoms with Gasteiger partial charge in [0.2, 0.25) is 5.91 Å². The zero-order valence-corrected chi connectivity index (χ0v) is 12.7. The number of Topliss-reactive ketones (excluding diaryl/α,β-unsaturated/α-hetero) is 1. The first-order chi connectivity index (χ1) is 9.90. The topological polar surface area (TPSA) is 73.5 Å². The number of piperazine rings is 1. The number of nitrogens with zero attached hydrogens (tertiary/aromatic N) is 2. The van der Waals surface area contributed by atoms with Crippen molar-refractivity contribution in [2.24, 2.45) is 5.92 Å². The van der Waals surface area contributed by atoms with Crippen LogP contribution in [0, 0.1) is 5.92 Å². The van der Waals surface area contributed by atoms with Gasteiger partial charge in [-0.1, -0.05) is 13.8 Å². The number of amides is 2.